The highest BCUT2D eigenvalue weighted by molar-refractivity contribution is 5.72. The van der Waals surface area contributed by atoms with Crippen LogP contribution in [-0.4, -0.2) is 23.7 Å². The second-order valence-electron chi connectivity index (χ2n) is 4.12. The van der Waals surface area contributed by atoms with Gasteiger partial charge in [0.1, 0.15) is 5.82 Å². The predicted molar refractivity (Wildman–Crippen MR) is 63.0 cm³/mol. The highest BCUT2D eigenvalue weighted by Gasteiger charge is 2.30. The lowest BCUT2D eigenvalue weighted by Gasteiger charge is -2.10. The second-order valence-corrected chi connectivity index (χ2v) is 4.12. The Hall–Kier alpha value is -1.68. The lowest BCUT2D eigenvalue weighted by Crippen LogP contribution is -2.29. The summed E-state index contributed by atoms with van der Waals surface area (Å²) < 4.78 is 12.7. The van der Waals surface area contributed by atoms with Gasteiger partial charge in [-0.15, -0.1) is 0 Å². The summed E-state index contributed by atoms with van der Waals surface area (Å²) in [6.07, 6.45) is 4.30. The van der Waals surface area contributed by atoms with Crippen LogP contribution in [0.5, 0.6) is 0 Å². The van der Waals surface area contributed by atoms with Gasteiger partial charge in [-0.2, -0.15) is 0 Å². The van der Waals surface area contributed by atoms with Crippen LogP contribution in [0.1, 0.15) is 12.0 Å². The molecule has 1 aliphatic heterocycles. The van der Waals surface area contributed by atoms with Crippen LogP contribution in [0.2, 0.25) is 0 Å². The van der Waals surface area contributed by atoms with Crippen molar-refractivity contribution < 1.29 is 14.3 Å². The molecule has 2 rings (SSSR count). The average molecular weight is 235 g/mol. The molecule has 1 fully saturated rings. The zero-order valence-electron chi connectivity index (χ0n) is 9.27. The molecule has 0 aliphatic carbocycles. The van der Waals surface area contributed by atoms with Gasteiger partial charge in [0.2, 0.25) is 0 Å². The Balaban J connectivity index is 2.05. The molecule has 90 valence electrons. The van der Waals surface area contributed by atoms with Crippen LogP contribution in [-0.2, 0) is 4.79 Å². The maximum absolute atomic E-state index is 12.7. The summed E-state index contributed by atoms with van der Waals surface area (Å²) in [5.74, 6) is -1.42. The summed E-state index contributed by atoms with van der Waals surface area (Å²) in [6.45, 7) is 0.718. The minimum absolute atomic E-state index is 0.141. The lowest BCUT2D eigenvalue weighted by atomic mass is 10.00. The van der Waals surface area contributed by atoms with Crippen molar-refractivity contribution in [2.45, 2.75) is 12.5 Å². The molecule has 4 heteroatoms. The van der Waals surface area contributed by atoms with Gasteiger partial charge in [-0.25, -0.2) is 4.39 Å². The van der Waals surface area contributed by atoms with Gasteiger partial charge in [0.05, 0.1) is 5.92 Å². The number of benzene rings is 1. The summed E-state index contributed by atoms with van der Waals surface area (Å²) in [5, 5.41) is 12.1. The summed E-state index contributed by atoms with van der Waals surface area (Å²) in [5.41, 5.74) is 0.865. The van der Waals surface area contributed by atoms with Crippen molar-refractivity contribution in [3.05, 3.63) is 41.7 Å². The third-order valence-electron chi connectivity index (χ3n) is 2.95. The highest BCUT2D eigenvalue weighted by Crippen LogP contribution is 2.18. The van der Waals surface area contributed by atoms with Crippen LogP contribution in [0.3, 0.4) is 0 Å². The molecule has 0 aromatic heterocycles. The molecule has 3 nitrogen and oxygen atoms in total. The zero-order chi connectivity index (χ0) is 12.3. The third-order valence-corrected chi connectivity index (χ3v) is 2.95. The first-order valence-electron chi connectivity index (χ1n) is 5.57. The number of halogens is 1. The number of hydrogen-bond acceptors (Lipinski definition) is 2. The largest absolute Gasteiger partial charge is 0.481 e. The maximum Gasteiger partial charge on any atom is 0.308 e. The van der Waals surface area contributed by atoms with Crippen LogP contribution in [0.25, 0.3) is 6.08 Å². The summed E-state index contributed by atoms with van der Waals surface area (Å²) in [7, 11) is 0. The average Bonchev–Trinajstić information content (AvgIpc) is 2.76. The van der Waals surface area contributed by atoms with E-state index in [9.17, 15) is 9.18 Å². The fraction of sp³-hybridized carbons (Fsp3) is 0.308. The van der Waals surface area contributed by atoms with E-state index in [-0.39, 0.29) is 17.8 Å². The molecule has 0 amide bonds. The number of rotatable bonds is 3. The Morgan fingerprint density at radius 3 is 2.76 bits per heavy atom. The minimum Gasteiger partial charge on any atom is -0.481 e. The summed E-state index contributed by atoms with van der Waals surface area (Å²) >= 11 is 0. The number of carbonyl (C=O) groups is 1. The van der Waals surface area contributed by atoms with Gasteiger partial charge in [-0.1, -0.05) is 24.3 Å². The van der Waals surface area contributed by atoms with E-state index in [1.54, 1.807) is 12.1 Å². The lowest BCUT2D eigenvalue weighted by molar-refractivity contribution is -0.141. The molecule has 17 heavy (non-hydrogen) atoms. The van der Waals surface area contributed by atoms with Crippen molar-refractivity contribution in [1.29, 1.82) is 0 Å². The fourth-order valence-corrected chi connectivity index (χ4v) is 2.00. The number of hydrogen-bond donors (Lipinski definition) is 2. The van der Waals surface area contributed by atoms with Crippen molar-refractivity contribution in [3.63, 3.8) is 0 Å². The molecular formula is C13H14FNO2. The van der Waals surface area contributed by atoms with Crippen LogP contribution in [0.15, 0.2) is 30.3 Å². The van der Waals surface area contributed by atoms with Crippen molar-refractivity contribution in [2.75, 3.05) is 6.54 Å². The van der Waals surface area contributed by atoms with E-state index in [2.05, 4.69) is 5.32 Å². The van der Waals surface area contributed by atoms with Gasteiger partial charge >= 0.3 is 5.97 Å². The topological polar surface area (TPSA) is 49.3 Å². The molecule has 0 saturated carbocycles. The second kappa shape index (κ2) is 5.10. The van der Waals surface area contributed by atoms with Crippen LogP contribution < -0.4 is 5.32 Å². The van der Waals surface area contributed by atoms with Crippen molar-refractivity contribution in [2.24, 2.45) is 5.92 Å². The van der Waals surface area contributed by atoms with Crippen LogP contribution >= 0.6 is 0 Å². The maximum atomic E-state index is 12.7. The van der Waals surface area contributed by atoms with Gasteiger partial charge in [0.15, 0.2) is 0 Å². The number of carboxylic acid groups (broad SMARTS) is 1. The standard InChI is InChI=1S/C13H14FNO2/c14-10-4-1-9(2-5-10)3-6-12-11(13(16)17)7-8-15-12/h1-6,11-12,15H,7-8H2,(H,16,17)/b6-3+. The molecule has 0 bridgehead atoms. The summed E-state index contributed by atoms with van der Waals surface area (Å²) in [4.78, 5) is 10.9. The fourth-order valence-electron chi connectivity index (χ4n) is 2.00. The molecule has 0 spiro atoms. The van der Waals surface area contributed by atoms with Gasteiger partial charge < -0.3 is 10.4 Å². The van der Waals surface area contributed by atoms with Gasteiger partial charge in [0, 0.05) is 6.04 Å². The molecule has 0 radical (unpaired) electrons. The van der Waals surface area contributed by atoms with E-state index < -0.39 is 5.97 Å². The molecular weight excluding hydrogens is 221 g/mol. The van der Waals surface area contributed by atoms with Gasteiger partial charge in [-0.05, 0) is 30.7 Å². The first-order valence-corrected chi connectivity index (χ1v) is 5.57. The first kappa shape index (κ1) is 11.8. The SMILES string of the molecule is O=C(O)C1CCNC1/C=C/c1ccc(F)cc1. The highest BCUT2D eigenvalue weighted by atomic mass is 19.1. The van der Waals surface area contributed by atoms with Gasteiger partial charge in [-0.3, -0.25) is 4.79 Å². The van der Waals surface area contributed by atoms with Crippen LogP contribution in [0.4, 0.5) is 4.39 Å². The van der Waals surface area contributed by atoms with E-state index in [1.165, 1.54) is 12.1 Å². The van der Waals surface area contributed by atoms with Crippen molar-refractivity contribution in [3.8, 4) is 0 Å². The molecule has 1 heterocycles. The molecule has 1 aromatic carbocycles. The van der Waals surface area contributed by atoms with E-state index in [0.717, 1.165) is 12.1 Å². The first-order chi connectivity index (χ1) is 8.16. The number of aliphatic carboxylic acids is 1. The van der Waals surface area contributed by atoms with E-state index in [1.807, 2.05) is 12.2 Å². The van der Waals surface area contributed by atoms with E-state index in [4.69, 9.17) is 5.11 Å². The zero-order valence-corrected chi connectivity index (χ0v) is 9.27. The predicted octanol–water partition coefficient (Wildman–Crippen LogP) is 1.90. The van der Waals surface area contributed by atoms with Crippen LogP contribution in [0, 0.1) is 11.7 Å². The monoisotopic (exact) mass is 235 g/mol. The number of nitrogens with one attached hydrogen (secondary N) is 1. The van der Waals surface area contributed by atoms with E-state index in [0.29, 0.717) is 6.42 Å². The Morgan fingerprint density at radius 2 is 2.12 bits per heavy atom. The van der Waals surface area contributed by atoms with E-state index >= 15 is 0 Å². The van der Waals surface area contributed by atoms with Crippen molar-refractivity contribution in [1.82, 2.24) is 5.32 Å². The normalized spacial score (nSPS) is 24.3. The molecule has 2 atom stereocenters. The quantitative estimate of drug-likeness (QED) is 0.841. The summed E-state index contributed by atoms with van der Waals surface area (Å²) in [6, 6.07) is 5.96. The Kier molecular flexibility index (Phi) is 3.54. The smallest absolute Gasteiger partial charge is 0.308 e. The van der Waals surface area contributed by atoms with Crippen molar-refractivity contribution >= 4 is 12.0 Å². The Bertz CT molecular complexity index is 428. The molecule has 2 unspecified atom stereocenters. The number of carboxylic acids is 1. The van der Waals surface area contributed by atoms with Gasteiger partial charge in [0.25, 0.3) is 0 Å². The molecule has 2 N–H and O–H groups in total. The Morgan fingerprint density at radius 1 is 1.41 bits per heavy atom. The minimum atomic E-state index is -0.774. The molecule has 1 aromatic rings. The Labute approximate surface area is 99.0 Å². The molecule has 1 aliphatic rings. The third kappa shape index (κ3) is 2.91. The molecule has 1 saturated heterocycles.